The second-order valence-electron chi connectivity index (χ2n) is 9.24. The molecule has 0 spiro atoms. The summed E-state index contributed by atoms with van der Waals surface area (Å²) in [7, 11) is 0. The van der Waals surface area contributed by atoms with Gasteiger partial charge in [-0.3, -0.25) is 0 Å². The van der Waals surface area contributed by atoms with Crippen LogP contribution in [-0.2, 0) is 0 Å². The molecule has 146 valence electrons. The van der Waals surface area contributed by atoms with E-state index in [0.717, 1.165) is 30.4 Å². The molecule has 4 heteroatoms. The molecule has 2 aliphatic rings. The van der Waals surface area contributed by atoms with Crippen molar-refractivity contribution in [1.82, 2.24) is 0 Å². The van der Waals surface area contributed by atoms with Crippen LogP contribution >= 0.6 is 0 Å². The molecular formula is C23H30O4. The first-order valence-corrected chi connectivity index (χ1v) is 10.2. The average molecular weight is 370 g/mol. The van der Waals surface area contributed by atoms with Gasteiger partial charge in [0.2, 0.25) is 0 Å². The molecule has 2 fully saturated rings. The van der Waals surface area contributed by atoms with Gasteiger partial charge in [0, 0.05) is 22.9 Å². The topological polar surface area (TPSA) is 59.7 Å². The molecule has 0 aliphatic heterocycles. The lowest BCUT2D eigenvalue weighted by molar-refractivity contribution is -0.131. The van der Waals surface area contributed by atoms with Gasteiger partial charge in [0.25, 0.3) is 0 Å². The van der Waals surface area contributed by atoms with Crippen LogP contribution in [0.3, 0.4) is 0 Å². The molecule has 1 N–H and O–H groups in total. The molecule has 27 heavy (non-hydrogen) atoms. The van der Waals surface area contributed by atoms with Gasteiger partial charge in [0.05, 0.1) is 12.7 Å². The number of aliphatic hydroxyl groups is 1. The van der Waals surface area contributed by atoms with Gasteiger partial charge in [-0.05, 0) is 61.1 Å². The predicted octanol–water partition coefficient (Wildman–Crippen LogP) is 4.78. The molecule has 1 heterocycles. The maximum atomic E-state index is 11.5. The highest BCUT2D eigenvalue weighted by atomic mass is 16.5. The summed E-state index contributed by atoms with van der Waals surface area (Å²) < 4.78 is 11.5. The number of ether oxygens (including phenoxy) is 1. The van der Waals surface area contributed by atoms with E-state index < -0.39 is 0 Å². The van der Waals surface area contributed by atoms with Crippen molar-refractivity contribution < 1.29 is 14.3 Å². The fourth-order valence-corrected chi connectivity index (χ4v) is 5.82. The van der Waals surface area contributed by atoms with Gasteiger partial charge in [-0.25, -0.2) is 4.79 Å². The van der Waals surface area contributed by atoms with E-state index in [2.05, 4.69) is 20.8 Å². The van der Waals surface area contributed by atoms with Gasteiger partial charge in [-0.1, -0.05) is 27.2 Å². The summed E-state index contributed by atoms with van der Waals surface area (Å²) in [6.07, 6.45) is 5.28. The highest BCUT2D eigenvalue weighted by Gasteiger charge is 2.54. The molecule has 0 bridgehead atoms. The van der Waals surface area contributed by atoms with Gasteiger partial charge in [-0.15, -0.1) is 0 Å². The van der Waals surface area contributed by atoms with Crippen LogP contribution in [0.1, 0.15) is 52.9 Å². The smallest absolute Gasteiger partial charge is 0.336 e. The lowest BCUT2D eigenvalue weighted by atomic mass is 9.48. The monoisotopic (exact) mass is 370 g/mol. The summed E-state index contributed by atoms with van der Waals surface area (Å²) in [6, 6.07) is 8.90. The molecule has 4 rings (SSSR count). The first-order valence-electron chi connectivity index (χ1n) is 10.2. The zero-order valence-electron chi connectivity index (χ0n) is 16.5. The van der Waals surface area contributed by atoms with Crippen LogP contribution in [0.15, 0.2) is 39.5 Å². The van der Waals surface area contributed by atoms with Crippen LogP contribution in [-0.4, -0.2) is 17.8 Å². The second kappa shape index (κ2) is 6.66. The van der Waals surface area contributed by atoms with E-state index in [-0.39, 0.29) is 22.6 Å². The van der Waals surface area contributed by atoms with Crippen molar-refractivity contribution in [2.24, 2.45) is 22.7 Å². The Hall–Kier alpha value is -1.81. The van der Waals surface area contributed by atoms with Crippen molar-refractivity contribution in [3.05, 3.63) is 40.8 Å². The van der Waals surface area contributed by atoms with E-state index in [1.807, 2.05) is 18.2 Å². The van der Waals surface area contributed by atoms with E-state index in [0.29, 0.717) is 24.0 Å². The molecule has 0 unspecified atom stereocenters. The first kappa shape index (κ1) is 18.5. The fourth-order valence-electron chi connectivity index (χ4n) is 5.82. The van der Waals surface area contributed by atoms with Crippen molar-refractivity contribution in [2.45, 2.75) is 59.0 Å². The maximum absolute atomic E-state index is 11.5. The lowest BCUT2D eigenvalue weighted by Gasteiger charge is -2.58. The molecular weight excluding hydrogens is 340 g/mol. The van der Waals surface area contributed by atoms with Crippen molar-refractivity contribution in [3.8, 4) is 5.75 Å². The summed E-state index contributed by atoms with van der Waals surface area (Å²) >= 11 is 0. The normalized spacial score (nSPS) is 36.4. The summed E-state index contributed by atoms with van der Waals surface area (Å²) in [6.45, 7) is 7.58. The largest absolute Gasteiger partial charge is 0.493 e. The SMILES string of the molecule is C[C@@H]1[C@H](O)CC[C@@H]2[C@](C)(COc3ccc4ccc(=O)oc4c3)CCC[C@@]12C. The van der Waals surface area contributed by atoms with Gasteiger partial charge in [0.15, 0.2) is 0 Å². The van der Waals surface area contributed by atoms with E-state index in [1.165, 1.54) is 18.9 Å². The minimum atomic E-state index is -0.343. The van der Waals surface area contributed by atoms with Crippen LogP contribution in [0.2, 0.25) is 0 Å². The quantitative estimate of drug-likeness (QED) is 0.790. The Bertz CT molecular complexity index is 887. The van der Waals surface area contributed by atoms with Gasteiger partial charge in [-0.2, -0.15) is 0 Å². The predicted molar refractivity (Wildman–Crippen MR) is 106 cm³/mol. The van der Waals surface area contributed by atoms with Crippen LogP contribution in [0.25, 0.3) is 11.0 Å². The Morgan fingerprint density at radius 1 is 1.19 bits per heavy atom. The lowest BCUT2D eigenvalue weighted by Crippen LogP contribution is -2.54. The van der Waals surface area contributed by atoms with Crippen molar-refractivity contribution in [3.63, 3.8) is 0 Å². The van der Waals surface area contributed by atoms with Crippen molar-refractivity contribution >= 4 is 11.0 Å². The Labute approximate surface area is 160 Å². The average Bonchev–Trinajstić information content (AvgIpc) is 2.64. The molecule has 0 amide bonds. The zero-order chi connectivity index (χ0) is 19.2. The Balaban J connectivity index is 1.55. The highest BCUT2D eigenvalue weighted by molar-refractivity contribution is 5.77. The van der Waals surface area contributed by atoms with E-state index in [4.69, 9.17) is 9.15 Å². The molecule has 4 nitrogen and oxygen atoms in total. The summed E-state index contributed by atoms with van der Waals surface area (Å²) in [5.74, 6) is 1.62. The number of aliphatic hydroxyl groups excluding tert-OH is 1. The number of rotatable bonds is 3. The molecule has 2 saturated carbocycles. The molecule has 5 atom stereocenters. The fraction of sp³-hybridized carbons (Fsp3) is 0.609. The summed E-state index contributed by atoms with van der Waals surface area (Å²) in [4.78, 5) is 11.5. The maximum Gasteiger partial charge on any atom is 0.336 e. The molecule has 2 aromatic rings. The van der Waals surface area contributed by atoms with Crippen LogP contribution < -0.4 is 10.4 Å². The van der Waals surface area contributed by atoms with Gasteiger partial charge >= 0.3 is 5.63 Å². The third kappa shape index (κ3) is 3.18. The Morgan fingerprint density at radius 3 is 2.78 bits per heavy atom. The third-order valence-electron chi connectivity index (χ3n) is 7.63. The third-order valence-corrected chi connectivity index (χ3v) is 7.63. The minimum Gasteiger partial charge on any atom is -0.493 e. The molecule has 0 saturated heterocycles. The summed E-state index contributed by atoms with van der Waals surface area (Å²) in [5.41, 5.74) is 0.482. The first-order chi connectivity index (χ1) is 12.8. The number of hydrogen-bond acceptors (Lipinski definition) is 4. The minimum absolute atomic E-state index is 0.0912. The molecule has 1 aromatic heterocycles. The highest BCUT2D eigenvalue weighted by Crippen LogP contribution is 2.59. The number of fused-ring (bicyclic) bond motifs is 2. The van der Waals surface area contributed by atoms with E-state index >= 15 is 0 Å². The van der Waals surface area contributed by atoms with Crippen LogP contribution in [0.4, 0.5) is 0 Å². The van der Waals surface area contributed by atoms with Crippen LogP contribution in [0.5, 0.6) is 5.75 Å². The second-order valence-corrected chi connectivity index (χ2v) is 9.24. The Morgan fingerprint density at radius 2 is 1.96 bits per heavy atom. The van der Waals surface area contributed by atoms with E-state index in [1.54, 1.807) is 6.07 Å². The number of hydrogen-bond donors (Lipinski definition) is 1. The molecule has 0 radical (unpaired) electrons. The molecule has 1 aromatic carbocycles. The summed E-state index contributed by atoms with van der Waals surface area (Å²) in [5, 5.41) is 11.3. The van der Waals surface area contributed by atoms with E-state index in [9.17, 15) is 9.90 Å². The standard InChI is InChI=1S/C23H30O4/c1-15-18(24)8-9-20-22(2,11-4-12-23(15,20)3)14-26-17-7-5-16-6-10-21(25)27-19(16)13-17/h5-7,10,13,15,18,20,24H,4,8-9,11-12,14H2,1-3H3/t15-,18-,20-,22+,23+/m1/s1. The van der Waals surface area contributed by atoms with Gasteiger partial charge < -0.3 is 14.3 Å². The van der Waals surface area contributed by atoms with Crippen LogP contribution in [0, 0.1) is 22.7 Å². The molecule has 2 aliphatic carbocycles. The van der Waals surface area contributed by atoms with Crippen molar-refractivity contribution in [1.29, 1.82) is 0 Å². The zero-order valence-corrected chi connectivity index (χ0v) is 16.5. The Kier molecular flexibility index (Phi) is 4.58. The van der Waals surface area contributed by atoms with Gasteiger partial charge in [0.1, 0.15) is 11.3 Å². The van der Waals surface area contributed by atoms with Crippen molar-refractivity contribution in [2.75, 3.05) is 6.61 Å². The number of benzene rings is 1.